The van der Waals surface area contributed by atoms with Gasteiger partial charge in [0.2, 0.25) is 0 Å². The average molecular weight is 377 g/mol. The second-order valence-corrected chi connectivity index (χ2v) is 7.72. The number of nitrogens with zero attached hydrogens (tertiary/aromatic N) is 2. The molecule has 0 N–H and O–H groups in total. The van der Waals surface area contributed by atoms with Gasteiger partial charge in [0, 0.05) is 4.88 Å². The van der Waals surface area contributed by atoms with E-state index >= 15 is 0 Å². The third kappa shape index (κ3) is 3.79. The van der Waals surface area contributed by atoms with E-state index < -0.39 is 0 Å². The SMILES string of the molecule is O=C1/C(=C/c2cccs2)SC(=Nc2ccccc2)N1Cc1ccccc1. The first-order valence-electron chi connectivity index (χ1n) is 8.22. The number of hydrogen-bond donors (Lipinski definition) is 0. The van der Waals surface area contributed by atoms with Crippen molar-refractivity contribution in [3.8, 4) is 0 Å². The number of para-hydroxylation sites is 1. The maximum Gasteiger partial charge on any atom is 0.267 e. The molecule has 128 valence electrons. The van der Waals surface area contributed by atoms with Crippen LogP contribution >= 0.6 is 23.1 Å². The number of amidine groups is 1. The number of thiophene rings is 1. The summed E-state index contributed by atoms with van der Waals surface area (Å²) in [6, 6.07) is 23.7. The van der Waals surface area contributed by atoms with Crippen LogP contribution in [0.1, 0.15) is 10.4 Å². The normalized spacial score (nSPS) is 17.4. The van der Waals surface area contributed by atoms with E-state index in [4.69, 9.17) is 4.99 Å². The Balaban J connectivity index is 1.69. The van der Waals surface area contributed by atoms with Crippen molar-refractivity contribution in [2.24, 2.45) is 4.99 Å². The molecule has 1 saturated heterocycles. The molecule has 5 heteroatoms. The van der Waals surface area contributed by atoms with Crippen LogP contribution in [0.5, 0.6) is 0 Å². The predicted octanol–water partition coefficient (Wildman–Crippen LogP) is 5.55. The van der Waals surface area contributed by atoms with E-state index in [-0.39, 0.29) is 5.91 Å². The molecule has 4 rings (SSSR count). The molecule has 2 heterocycles. The fraction of sp³-hybridized carbons (Fsp3) is 0.0476. The highest BCUT2D eigenvalue weighted by Crippen LogP contribution is 2.35. The summed E-state index contributed by atoms with van der Waals surface area (Å²) in [7, 11) is 0. The van der Waals surface area contributed by atoms with Gasteiger partial charge in [-0.2, -0.15) is 0 Å². The number of carbonyl (C=O) groups excluding carboxylic acids is 1. The van der Waals surface area contributed by atoms with Gasteiger partial charge in [0.15, 0.2) is 5.17 Å². The molecule has 26 heavy (non-hydrogen) atoms. The van der Waals surface area contributed by atoms with Gasteiger partial charge in [-0.3, -0.25) is 9.69 Å². The smallest absolute Gasteiger partial charge is 0.267 e. The van der Waals surface area contributed by atoms with E-state index in [1.165, 1.54) is 11.8 Å². The Kier molecular flexibility index (Phi) is 5.00. The van der Waals surface area contributed by atoms with Crippen molar-refractivity contribution in [2.45, 2.75) is 6.54 Å². The van der Waals surface area contributed by atoms with Crippen molar-refractivity contribution < 1.29 is 4.79 Å². The standard InChI is InChI=1S/C21H16N2OS2/c24-20-19(14-18-12-7-13-25-18)26-21(22-17-10-5-2-6-11-17)23(20)15-16-8-3-1-4-9-16/h1-14H,15H2/b19-14-,22-21?. The summed E-state index contributed by atoms with van der Waals surface area (Å²) < 4.78 is 0. The highest BCUT2D eigenvalue weighted by molar-refractivity contribution is 8.18. The summed E-state index contributed by atoms with van der Waals surface area (Å²) in [6.07, 6.45) is 1.95. The van der Waals surface area contributed by atoms with Crippen molar-refractivity contribution in [1.82, 2.24) is 4.90 Å². The highest BCUT2D eigenvalue weighted by Gasteiger charge is 2.33. The molecule has 1 aromatic heterocycles. The zero-order chi connectivity index (χ0) is 17.8. The minimum atomic E-state index is 0.00179. The summed E-state index contributed by atoms with van der Waals surface area (Å²) >= 11 is 3.06. The van der Waals surface area contributed by atoms with Gasteiger partial charge >= 0.3 is 0 Å². The first kappa shape index (κ1) is 16.8. The molecule has 3 nitrogen and oxygen atoms in total. The van der Waals surface area contributed by atoms with Crippen molar-refractivity contribution >= 4 is 45.9 Å². The average Bonchev–Trinajstić information content (AvgIpc) is 3.28. The lowest BCUT2D eigenvalue weighted by Crippen LogP contribution is -2.28. The third-order valence-electron chi connectivity index (χ3n) is 3.87. The Morgan fingerprint density at radius 2 is 1.65 bits per heavy atom. The Morgan fingerprint density at radius 1 is 0.923 bits per heavy atom. The van der Waals surface area contributed by atoms with Gasteiger partial charge in [0.1, 0.15) is 0 Å². The van der Waals surface area contributed by atoms with Gasteiger partial charge in [0.05, 0.1) is 17.1 Å². The number of rotatable bonds is 4. The minimum Gasteiger partial charge on any atom is -0.282 e. The van der Waals surface area contributed by atoms with E-state index in [2.05, 4.69) is 0 Å². The number of carbonyl (C=O) groups is 1. The monoisotopic (exact) mass is 376 g/mol. The topological polar surface area (TPSA) is 32.7 Å². The van der Waals surface area contributed by atoms with Crippen molar-refractivity contribution in [3.63, 3.8) is 0 Å². The molecule has 0 saturated carbocycles. The molecule has 1 aliphatic rings. The fourth-order valence-electron chi connectivity index (χ4n) is 2.61. The van der Waals surface area contributed by atoms with Gasteiger partial charge in [-0.15, -0.1) is 11.3 Å². The van der Waals surface area contributed by atoms with Crippen LogP contribution in [-0.4, -0.2) is 16.0 Å². The van der Waals surface area contributed by atoms with Crippen LogP contribution in [0.4, 0.5) is 5.69 Å². The van der Waals surface area contributed by atoms with Crippen LogP contribution in [0.3, 0.4) is 0 Å². The van der Waals surface area contributed by atoms with Gasteiger partial charge in [-0.05, 0) is 47.0 Å². The summed E-state index contributed by atoms with van der Waals surface area (Å²) in [5.41, 5.74) is 1.93. The maximum absolute atomic E-state index is 13.0. The van der Waals surface area contributed by atoms with E-state index in [0.29, 0.717) is 16.6 Å². The number of thioether (sulfide) groups is 1. The Hall–Kier alpha value is -2.63. The van der Waals surface area contributed by atoms with Crippen molar-refractivity contribution in [1.29, 1.82) is 0 Å². The number of hydrogen-bond acceptors (Lipinski definition) is 4. The number of benzene rings is 2. The second-order valence-electron chi connectivity index (χ2n) is 5.73. The van der Waals surface area contributed by atoms with E-state index in [1.54, 1.807) is 16.2 Å². The fourth-order valence-corrected chi connectivity index (χ4v) is 4.33. The van der Waals surface area contributed by atoms with Crippen LogP contribution in [0.2, 0.25) is 0 Å². The maximum atomic E-state index is 13.0. The number of aliphatic imine (C=N–C) groups is 1. The van der Waals surface area contributed by atoms with Crippen LogP contribution in [0, 0.1) is 0 Å². The Morgan fingerprint density at radius 3 is 2.35 bits per heavy atom. The predicted molar refractivity (Wildman–Crippen MR) is 110 cm³/mol. The van der Waals surface area contributed by atoms with Crippen LogP contribution in [0.25, 0.3) is 6.08 Å². The van der Waals surface area contributed by atoms with Gasteiger partial charge in [-0.1, -0.05) is 54.6 Å². The molecule has 0 bridgehead atoms. The van der Waals surface area contributed by atoms with Crippen LogP contribution in [-0.2, 0) is 11.3 Å². The second kappa shape index (κ2) is 7.72. The lowest BCUT2D eigenvalue weighted by atomic mass is 10.2. The van der Waals surface area contributed by atoms with Crippen molar-refractivity contribution in [2.75, 3.05) is 0 Å². The zero-order valence-electron chi connectivity index (χ0n) is 13.9. The first-order valence-corrected chi connectivity index (χ1v) is 9.92. The zero-order valence-corrected chi connectivity index (χ0v) is 15.5. The number of amides is 1. The van der Waals surface area contributed by atoms with Crippen molar-refractivity contribution in [3.05, 3.63) is 93.5 Å². The molecule has 0 aliphatic carbocycles. The lowest BCUT2D eigenvalue weighted by Gasteiger charge is -2.15. The molecule has 1 aliphatic heterocycles. The highest BCUT2D eigenvalue weighted by atomic mass is 32.2. The molecule has 0 radical (unpaired) electrons. The largest absolute Gasteiger partial charge is 0.282 e. The van der Waals surface area contributed by atoms with Gasteiger partial charge in [0.25, 0.3) is 5.91 Å². The van der Waals surface area contributed by atoms with Gasteiger partial charge in [-0.25, -0.2) is 4.99 Å². The van der Waals surface area contributed by atoms with Gasteiger partial charge < -0.3 is 0 Å². The summed E-state index contributed by atoms with van der Waals surface area (Å²) in [6.45, 7) is 0.514. The summed E-state index contributed by atoms with van der Waals surface area (Å²) in [4.78, 5) is 21.2. The van der Waals surface area contributed by atoms with Crippen LogP contribution in [0.15, 0.2) is 88.1 Å². The molecular formula is C21H16N2OS2. The molecule has 2 aromatic carbocycles. The third-order valence-corrected chi connectivity index (χ3v) is 5.70. The Bertz CT molecular complexity index is 948. The van der Waals surface area contributed by atoms with E-state index in [9.17, 15) is 4.79 Å². The molecular weight excluding hydrogens is 360 g/mol. The molecule has 0 spiro atoms. The first-order chi connectivity index (χ1) is 12.8. The van der Waals surface area contributed by atoms with Crippen LogP contribution < -0.4 is 0 Å². The molecule has 1 amide bonds. The lowest BCUT2D eigenvalue weighted by molar-refractivity contribution is -0.122. The molecule has 0 atom stereocenters. The summed E-state index contributed by atoms with van der Waals surface area (Å²) in [5.74, 6) is 0.00179. The van der Waals surface area contributed by atoms with E-state index in [0.717, 1.165) is 16.1 Å². The molecule has 1 fully saturated rings. The van der Waals surface area contributed by atoms with E-state index in [1.807, 2.05) is 84.3 Å². The Labute approximate surface area is 160 Å². The minimum absolute atomic E-state index is 0.00179. The quantitative estimate of drug-likeness (QED) is 0.559. The molecule has 3 aromatic rings. The summed E-state index contributed by atoms with van der Waals surface area (Å²) in [5, 5.41) is 2.73. The molecule has 0 unspecified atom stereocenters.